The SMILES string of the molecule is CCCNC(Cc1nc(C)cs1)Cc1cc(Br)ccc1F. The number of rotatable bonds is 7. The third-order valence-electron chi connectivity index (χ3n) is 3.24. The van der Waals surface area contributed by atoms with Gasteiger partial charge in [-0.3, -0.25) is 0 Å². The number of hydrogen-bond acceptors (Lipinski definition) is 3. The second-order valence-electron chi connectivity index (χ2n) is 5.18. The first kappa shape index (κ1) is 16.6. The fourth-order valence-corrected chi connectivity index (χ4v) is 3.50. The van der Waals surface area contributed by atoms with Crippen molar-refractivity contribution >= 4 is 27.3 Å². The van der Waals surface area contributed by atoms with Gasteiger partial charge in [0.05, 0.1) is 5.01 Å². The van der Waals surface area contributed by atoms with Gasteiger partial charge in [-0.05, 0) is 50.1 Å². The highest BCUT2D eigenvalue weighted by Gasteiger charge is 2.14. The van der Waals surface area contributed by atoms with Crippen LogP contribution in [-0.2, 0) is 12.8 Å². The van der Waals surface area contributed by atoms with E-state index >= 15 is 0 Å². The lowest BCUT2D eigenvalue weighted by molar-refractivity contribution is 0.491. The zero-order valence-corrected chi connectivity index (χ0v) is 14.7. The average Bonchev–Trinajstić information content (AvgIpc) is 2.85. The Morgan fingerprint density at radius 2 is 2.19 bits per heavy atom. The van der Waals surface area contributed by atoms with Gasteiger partial charge in [0, 0.05) is 28.0 Å². The van der Waals surface area contributed by atoms with Gasteiger partial charge in [0.15, 0.2) is 0 Å². The van der Waals surface area contributed by atoms with Crippen molar-refractivity contribution in [1.82, 2.24) is 10.3 Å². The van der Waals surface area contributed by atoms with Gasteiger partial charge in [0.1, 0.15) is 5.82 Å². The van der Waals surface area contributed by atoms with Crippen molar-refractivity contribution in [2.45, 2.75) is 39.2 Å². The van der Waals surface area contributed by atoms with Crippen LogP contribution in [0.15, 0.2) is 28.1 Å². The summed E-state index contributed by atoms with van der Waals surface area (Å²) in [7, 11) is 0. The first-order valence-electron chi connectivity index (χ1n) is 7.16. The molecule has 5 heteroatoms. The lowest BCUT2D eigenvalue weighted by atomic mass is 10.0. The molecule has 1 atom stereocenters. The molecule has 0 amide bonds. The van der Waals surface area contributed by atoms with Crippen LogP contribution in [0.3, 0.4) is 0 Å². The highest BCUT2D eigenvalue weighted by atomic mass is 79.9. The summed E-state index contributed by atoms with van der Waals surface area (Å²) >= 11 is 5.09. The molecule has 0 fully saturated rings. The van der Waals surface area contributed by atoms with E-state index in [1.54, 1.807) is 17.4 Å². The van der Waals surface area contributed by atoms with Crippen LogP contribution in [0.1, 0.15) is 29.6 Å². The second-order valence-corrected chi connectivity index (χ2v) is 7.04. The third kappa shape index (κ3) is 5.16. The summed E-state index contributed by atoms with van der Waals surface area (Å²) < 4.78 is 14.8. The van der Waals surface area contributed by atoms with Gasteiger partial charge >= 0.3 is 0 Å². The number of thiazole rings is 1. The Morgan fingerprint density at radius 3 is 2.86 bits per heavy atom. The standard InChI is InChI=1S/C16H20BrFN2S/c1-3-6-19-14(9-16-20-11(2)10-21-16)8-12-7-13(17)4-5-15(12)18/h4-5,7,10,14,19H,3,6,8-9H2,1-2H3. The summed E-state index contributed by atoms with van der Waals surface area (Å²) in [6.07, 6.45) is 2.57. The minimum absolute atomic E-state index is 0.142. The zero-order valence-electron chi connectivity index (χ0n) is 12.3. The van der Waals surface area contributed by atoms with E-state index in [0.717, 1.165) is 40.1 Å². The van der Waals surface area contributed by atoms with E-state index < -0.39 is 0 Å². The number of nitrogens with one attached hydrogen (secondary N) is 1. The zero-order chi connectivity index (χ0) is 15.2. The smallest absolute Gasteiger partial charge is 0.126 e. The number of hydrogen-bond donors (Lipinski definition) is 1. The number of aryl methyl sites for hydroxylation is 1. The fraction of sp³-hybridized carbons (Fsp3) is 0.438. The summed E-state index contributed by atoms with van der Waals surface area (Å²) in [4.78, 5) is 4.52. The summed E-state index contributed by atoms with van der Waals surface area (Å²) in [5.74, 6) is -0.142. The number of aromatic nitrogens is 1. The van der Waals surface area contributed by atoms with Gasteiger partial charge in [-0.2, -0.15) is 0 Å². The molecular formula is C16H20BrFN2S. The topological polar surface area (TPSA) is 24.9 Å². The monoisotopic (exact) mass is 370 g/mol. The highest BCUT2D eigenvalue weighted by molar-refractivity contribution is 9.10. The van der Waals surface area contributed by atoms with E-state index in [9.17, 15) is 4.39 Å². The molecule has 0 spiro atoms. The molecule has 114 valence electrons. The van der Waals surface area contributed by atoms with E-state index in [0.29, 0.717) is 6.42 Å². The Morgan fingerprint density at radius 1 is 1.38 bits per heavy atom. The van der Waals surface area contributed by atoms with Crippen LogP contribution in [-0.4, -0.2) is 17.6 Å². The minimum Gasteiger partial charge on any atom is -0.313 e. The molecule has 0 aliphatic carbocycles. The quantitative estimate of drug-likeness (QED) is 0.775. The molecule has 2 rings (SSSR count). The first-order chi connectivity index (χ1) is 10.1. The van der Waals surface area contributed by atoms with Crippen molar-refractivity contribution in [3.63, 3.8) is 0 Å². The second kappa shape index (κ2) is 8.01. The molecule has 1 aromatic carbocycles. The first-order valence-corrected chi connectivity index (χ1v) is 8.84. The van der Waals surface area contributed by atoms with Crippen LogP contribution >= 0.6 is 27.3 Å². The summed E-state index contributed by atoms with van der Waals surface area (Å²) in [5, 5.41) is 6.68. The van der Waals surface area contributed by atoms with E-state index in [2.05, 4.69) is 38.5 Å². The van der Waals surface area contributed by atoms with Crippen LogP contribution < -0.4 is 5.32 Å². The molecule has 1 N–H and O–H groups in total. The fourth-order valence-electron chi connectivity index (χ4n) is 2.24. The Labute approximate surface area is 137 Å². The van der Waals surface area contributed by atoms with E-state index in [4.69, 9.17) is 0 Å². The third-order valence-corrected chi connectivity index (χ3v) is 4.73. The molecule has 0 saturated carbocycles. The van der Waals surface area contributed by atoms with Crippen LogP contribution in [0.25, 0.3) is 0 Å². The number of nitrogens with zero attached hydrogens (tertiary/aromatic N) is 1. The number of halogens is 2. The van der Waals surface area contributed by atoms with Crippen LogP contribution in [0, 0.1) is 12.7 Å². The van der Waals surface area contributed by atoms with Crippen molar-refractivity contribution in [1.29, 1.82) is 0 Å². The van der Waals surface area contributed by atoms with Gasteiger partial charge in [0.2, 0.25) is 0 Å². The van der Waals surface area contributed by atoms with Gasteiger partial charge in [0.25, 0.3) is 0 Å². The maximum absolute atomic E-state index is 13.9. The van der Waals surface area contributed by atoms with Gasteiger partial charge in [-0.1, -0.05) is 22.9 Å². The molecule has 0 bridgehead atoms. The average molecular weight is 371 g/mol. The summed E-state index contributed by atoms with van der Waals surface area (Å²) in [6.45, 7) is 5.07. The molecule has 2 nitrogen and oxygen atoms in total. The predicted molar refractivity (Wildman–Crippen MR) is 90.4 cm³/mol. The van der Waals surface area contributed by atoms with Gasteiger partial charge in [-0.25, -0.2) is 9.37 Å². The van der Waals surface area contributed by atoms with Gasteiger partial charge in [-0.15, -0.1) is 11.3 Å². The molecule has 0 saturated heterocycles. The lowest BCUT2D eigenvalue weighted by Crippen LogP contribution is -2.34. The Kier molecular flexibility index (Phi) is 6.33. The normalized spacial score (nSPS) is 12.6. The maximum Gasteiger partial charge on any atom is 0.126 e. The molecule has 21 heavy (non-hydrogen) atoms. The Bertz CT molecular complexity index is 585. The van der Waals surface area contributed by atoms with Crippen molar-refractivity contribution in [3.8, 4) is 0 Å². The molecule has 0 aliphatic heterocycles. The van der Waals surface area contributed by atoms with Crippen LogP contribution in [0.4, 0.5) is 4.39 Å². The van der Waals surface area contributed by atoms with Crippen LogP contribution in [0.5, 0.6) is 0 Å². The van der Waals surface area contributed by atoms with Crippen molar-refractivity contribution < 1.29 is 4.39 Å². The molecule has 0 radical (unpaired) electrons. The maximum atomic E-state index is 13.9. The van der Waals surface area contributed by atoms with Crippen molar-refractivity contribution in [3.05, 3.63) is 50.1 Å². The molecule has 0 aliphatic rings. The van der Waals surface area contributed by atoms with Crippen LogP contribution in [0.2, 0.25) is 0 Å². The Balaban J connectivity index is 2.09. The largest absolute Gasteiger partial charge is 0.313 e. The highest BCUT2D eigenvalue weighted by Crippen LogP contribution is 2.19. The molecule has 1 heterocycles. The van der Waals surface area contributed by atoms with E-state index in [-0.39, 0.29) is 11.9 Å². The van der Waals surface area contributed by atoms with E-state index in [1.807, 2.05) is 13.0 Å². The summed E-state index contributed by atoms with van der Waals surface area (Å²) in [5.41, 5.74) is 1.80. The number of benzene rings is 1. The molecule has 1 aromatic heterocycles. The molecule has 1 unspecified atom stereocenters. The predicted octanol–water partition coefficient (Wildman–Crippen LogP) is 4.51. The van der Waals surface area contributed by atoms with Crippen molar-refractivity contribution in [2.24, 2.45) is 0 Å². The summed E-state index contributed by atoms with van der Waals surface area (Å²) in [6, 6.07) is 5.32. The van der Waals surface area contributed by atoms with Crippen molar-refractivity contribution in [2.75, 3.05) is 6.54 Å². The van der Waals surface area contributed by atoms with E-state index in [1.165, 1.54) is 6.07 Å². The Hall–Kier alpha value is -0.780. The minimum atomic E-state index is -0.142. The lowest BCUT2D eigenvalue weighted by Gasteiger charge is -2.18. The van der Waals surface area contributed by atoms with Gasteiger partial charge < -0.3 is 5.32 Å². The molecular weight excluding hydrogens is 351 g/mol. The molecule has 2 aromatic rings.